The van der Waals surface area contributed by atoms with E-state index in [0.29, 0.717) is 24.8 Å². The standard InChI is InChI=1S/C23H36N4O2/c1-18(2)15-26(16-19(3)4)14-8-13-24-22(28)17-27-23(29)12-11-21(25-27)20-9-6-5-7-10-20/h5-7,9-11,18-19,25H,8,12-17H2,1-4H3,(H,24,28). The number of benzene rings is 1. The van der Waals surface area contributed by atoms with Gasteiger partial charge in [0.25, 0.3) is 0 Å². The topological polar surface area (TPSA) is 64.7 Å². The van der Waals surface area contributed by atoms with Gasteiger partial charge in [0.2, 0.25) is 11.8 Å². The summed E-state index contributed by atoms with van der Waals surface area (Å²) >= 11 is 0. The molecule has 29 heavy (non-hydrogen) atoms. The Labute approximate surface area is 175 Å². The van der Waals surface area contributed by atoms with Crippen LogP contribution in [0.4, 0.5) is 0 Å². The zero-order valence-corrected chi connectivity index (χ0v) is 18.3. The summed E-state index contributed by atoms with van der Waals surface area (Å²) in [5.41, 5.74) is 4.94. The molecule has 0 saturated heterocycles. The predicted octanol–water partition coefficient (Wildman–Crippen LogP) is 2.88. The van der Waals surface area contributed by atoms with Gasteiger partial charge in [-0.1, -0.05) is 58.0 Å². The average molecular weight is 401 g/mol. The van der Waals surface area contributed by atoms with E-state index in [1.807, 2.05) is 36.4 Å². The smallest absolute Gasteiger partial charge is 0.245 e. The number of hydrogen-bond acceptors (Lipinski definition) is 4. The molecule has 2 N–H and O–H groups in total. The molecule has 0 fully saturated rings. The van der Waals surface area contributed by atoms with Crippen molar-refractivity contribution < 1.29 is 9.59 Å². The Hall–Kier alpha value is -2.34. The number of hydrazine groups is 1. The first-order chi connectivity index (χ1) is 13.8. The van der Waals surface area contributed by atoms with E-state index >= 15 is 0 Å². The van der Waals surface area contributed by atoms with Gasteiger partial charge >= 0.3 is 0 Å². The number of nitrogens with one attached hydrogen (secondary N) is 2. The largest absolute Gasteiger partial charge is 0.354 e. The second-order valence-electron chi connectivity index (χ2n) is 8.53. The molecule has 1 aromatic carbocycles. The zero-order chi connectivity index (χ0) is 21.2. The van der Waals surface area contributed by atoms with Crippen molar-refractivity contribution in [3.05, 3.63) is 42.0 Å². The summed E-state index contributed by atoms with van der Waals surface area (Å²) in [6, 6.07) is 9.81. The average Bonchev–Trinajstić information content (AvgIpc) is 2.66. The van der Waals surface area contributed by atoms with Crippen molar-refractivity contribution in [3.8, 4) is 0 Å². The lowest BCUT2D eigenvalue weighted by Crippen LogP contribution is -2.49. The van der Waals surface area contributed by atoms with Crippen molar-refractivity contribution in [1.82, 2.24) is 20.7 Å². The Balaban J connectivity index is 1.75. The second kappa shape index (κ2) is 11.6. The van der Waals surface area contributed by atoms with Gasteiger partial charge in [-0.2, -0.15) is 0 Å². The second-order valence-corrected chi connectivity index (χ2v) is 8.53. The lowest BCUT2D eigenvalue weighted by atomic mass is 10.1. The maximum Gasteiger partial charge on any atom is 0.245 e. The molecule has 1 aromatic rings. The highest BCUT2D eigenvalue weighted by Crippen LogP contribution is 2.16. The first kappa shape index (κ1) is 22.9. The lowest BCUT2D eigenvalue weighted by molar-refractivity contribution is -0.137. The normalized spacial score (nSPS) is 14.4. The third-order valence-corrected chi connectivity index (χ3v) is 4.64. The fraction of sp³-hybridized carbons (Fsp3) is 0.565. The molecule has 2 rings (SSSR count). The fourth-order valence-corrected chi connectivity index (χ4v) is 3.50. The highest BCUT2D eigenvalue weighted by atomic mass is 16.2. The summed E-state index contributed by atoms with van der Waals surface area (Å²) in [4.78, 5) is 27.0. The van der Waals surface area contributed by atoms with Crippen LogP contribution in [0.25, 0.3) is 5.70 Å². The molecule has 1 aliphatic rings. The van der Waals surface area contributed by atoms with Crippen molar-refractivity contribution in [2.45, 2.75) is 40.5 Å². The number of hydrogen-bond donors (Lipinski definition) is 2. The number of carbonyl (C=O) groups excluding carboxylic acids is 2. The molecule has 160 valence electrons. The lowest BCUT2D eigenvalue weighted by Gasteiger charge is -2.29. The number of rotatable bonds is 11. The predicted molar refractivity (Wildman–Crippen MR) is 118 cm³/mol. The van der Waals surface area contributed by atoms with Crippen molar-refractivity contribution in [2.24, 2.45) is 11.8 Å². The number of amides is 2. The van der Waals surface area contributed by atoms with E-state index in [4.69, 9.17) is 0 Å². The molecule has 0 radical (unpaired) electrons. The summed E-state index contributed by atoms with van der Waals surface area (Å²) < 4.78 is 0. The van der Waals surface area contributed by atoms with Gasteiger partial charge in [0.15, 0.2) is 0 Å². The minimum Gasteiger partial charge on any atom is -0.354 e. The fourth-order valence-electron chi connectivity index (χ4n) is 3.50. The number of nitrogens with zero attached hydrogens (tertiary/aromatic N) is 2. The zero-order valence-electron chi connectivity index (χ0n) is 18.3. The van der Waals surface area contributed by atoms with Crippen LogP contribution in [0.2, 0.25) is 0 Å². The summed E-state index contributed by atoms with van der Waals surface area (Å²) in [5.74, 6) is 1.03. The molecule has 0 atom stereocenters. The van der Waals surface area contributed by atoms with E-state index in [2.05, 4.69) is 43.3 Å². The van der Waals surface area contributed by atoms with Gasteiger partial charge in [-0.3, -0.25) is 15.0 Å². The molecule has 6 nitrogen and oxygen atoms in total. The highest BCUT2D eigenvalue weighted by Gasteiger charge is 2.22. The monoisotopic (exact) mass is 400 g/mol. The van der Waals surface area contributed by atoms with Crippen molar-refractivity contribution in [3.63, 3.8) is 0 Å². The van der Waals surface area contributed by atoms with Crippen LogP contribution in [0.3, 0.4) is 0 Å². The molecule has 1 heterocycles. The molecule has 1 aliphatic heterocycles. The van der Waals surface area contributed by atoms with E-state index in [9.17, 15) is 9.59 Å². The van der Waals surface area contributed by atoms with Crippen LogP contribution in [-0.4, -0.2) is 54.4 Å². The molecule has 2 amide bonds. The molecule has 0 unspecified atom stereocenters. The third-order valence-electron chi connectivity index (χ3n) is 4.64. The Kier molecular flexibility index (Phi) is 9.19. The number of carbonyl (C=O) groups is 2. The van der Waals surface area contributed by atoms with Crippen LogP contribution in [0.1, 0.15) is 46.1 Å². The molecule has 0 aromatic heterocycles. The SMILES string of the molecule is CC(C)CN(CCCNC(=O)CN1NC(c2ccccc2)=CCC1=O)CC(C)C. The minimum atomic E-state index is -0.139. The van der Waals surface area contributed by atoms with Gasteiger partial charge in [-0.05, 0) is 36.4 Å². The van der Waals surface area contributed by atoms with E-state index in [1.165, 1.54) is 5.01 Å². The quantitative estimate of drug-likeness (QED) is 0.561. The van der Waals surface area contributed by atoms with Gasteiger partial charge < -0.3 is 10.2 Å². The Morgan fingerprint density at radius 2 is 1.79 bits per heavy atom. The molecule has 0 bridgehead atoms. The molecule has 0 spiro atoms. The van der Waals surface area contributed by atoms with Crippen LogP contribution >= 0.6 is 0 Å². The minimum absolute atomic E-state index is 0.0186. The summed E-state index contributed by atoms with van der Waals surface area (Å²) in [7, 11) is 0. The van der Waals surface area contributed by atoms with Crippen LogP contribution in [-0.2, 0) is 9.59 Å². The Morgan fingerprint density at radius 3 is 2.41 bits per heavy atom. The molecule has 0 saturated carbocycles. The molecular formula is C23H36N4O2. The van der Waals surface area contributed by atoms with Gasteiger partial charge in [-0.25, -0.2) is 5.01 Å². The molecular weight excluding hydrogens is 364 g/mol. The summed E-state index contributed by atoms with van der Waals surface area (Å²) in [6.45, 7) is 12.7. The van der Waals surface area contributed by atoms with Crippen LogP contribution in [0, 0.1) is 11.8 Å². The van der Waals surface area contributed by atoms with Gasteiger partial charge in [0.05, 0.1) is 5.70 Å². The van der Waals surface area contributed by atoms with E-state index in [-0.39, 0.29) is 18.4 Å². The Morgan fingerprint density at radius 1 is 1.14 bits per heavy atom. The van der Waals surface area contributed by atoms with Gasteiger partial charge in [0, 0.05) is 26.1 Å². The van der Waals surface area contributed by atoms with Gasteiger partial charge in [-0.15, -0.1) is 0 Å². The first-order valence-corrected chi connectivity index (χ1v) is 10.7. The first-order valence-electron chi connectivity index (χ1n) is 10.7. The van der Waals surface area contributed by atoms with Crippen LogP contribution in [0.15, 0.2) is 36.4 Å². The van der Waals surface area contributed by atoms with E-state index in [1.54, 1.807) is 0 Å². The molecule has 6 heteroatoms. The van der Waals surface area contributed by atoms with Crippen molar-refractivity contribution in [2.75, 3.05) is 32.7 Å². The summed E-state index contributed by atoms with van der Waals surface area (Å²) in [6.07, 6.45) is 3.07. The summed E-state index contributed by atoms with van der Waals surface area (Å²) in [5, 5.41) is 4.35. The van der Waals surface area contributed by atoms with Crippen LogP contribution < -0.4 is 10.7 Å². The third kappa shape index (κ3) is 8.28. The van der Waals surface area contributed by atoms with Gasteiger partial charge in [0.1, 0.15) is 6.54 Å². The Bertz CT molecular complexity index is 675. The maximum absolute atomic E-state index is 12.3. The van der Waals surface area contributed by atoms with E-state index < -0.39 is 0 Å². The van der Waals surface area contributed by atoms with Crippen molar-refractivity contribution in [1.29, 1.82) is 0 Å². The van der Waals surface area contributed by atoms with Crippen molar-refractivity contribution >= 4 is 17.5 Å². The highest BCUT2D eigenvalue weighted by molar-refractivity contribution is 5.88. The maximum atomic E-state index is 12.3. The van der Waals surface area contributed by atoms with Crippen LogP contribution in [0.5, 0.6) is 0 Å². The van der Waals surface area contributed by atoms with E-state index in [0.717, 1.165) is 37.3 Å². The molecule has 0 aliphatic carbocycles.